The van der Waals surface area contributed by atoms with Gasteiger partial charge in [-0.2, -0.15) is 5.10 Å². The number of ether oxygens (including phenoxy) is 1. The van der Waals surface area contributed by atoms with Crippen molar-refractivity contribution in [1.82, 2.24) is 20.1 Å². The molecule has 0 atom stereocenters. The van der Waals surface area contributed by atoms with Crippen molar-refractivity contribution in [2.24, 2.45) is 0 Å². The van der Waals surface area contributed by atoms with Crippen LogP contribution in [0.5, 0.6) is 0 Å². The van der Waals surface area contributed by atoms with Gasteiger partial charge in [0.2, 0.25) is 0 Å². The summed E-state index contributed by atoms with van der Waals surface area (Å²) in [5, 5.41) is 9.95. The van der Waals surface area contributed by atoms with Gasteiger partial charge in [-0.1, -0.05) is 0 Å². The van der Waals surface area contributed by atoms with Crippen molar-refractivity contribution >= 4 is 18.1 Å². The van der Waals surface area contributed by atoms with Gasteiger partial charge in [-0.15, -0.1) is 0 Å². The number of hydrogen-bond donors (Lipinski definition) is 2. The molecule has 0 fully saturated rings. The van der Waals surface area contributed by atoms with E-state index in [4.69, 9.17) is 17.0 Å². The molecule has 0 bridgehead atoms. The fourth-order valence-corrected chi connectivity index (χ4v) is 2.81. The monoisotopic (exact) mass is 310 g/mol. The molecular formula is C14H22N4O2S. The molecule has 1 aromatic heterocycles. The predicted molar refractivity (Wildman–Crippen MR) is 82.4 cm³/mol. The van der Waals surface area contributed by atoms with Gasteiger partial charge in [-0.3, -0.25) is 9.89 Å². The Bertz CT molecular complexity index is 600. The fourth-order valence-electron chi connectivity index (χ4n) is 2.45. The Morgan fingerprint density at radius 2 is 2.33 bits per heavy atom. The number of nitrogens with zero attached hydrogens (tertiary/aromatic N) is 2. The zero-order chi connectivity index (χ0) is 15.4. The summed E-state index contributed by atoms with van der Waals surface area (Å²) in [6, 6.07) is 0.249. The van der Waals surface area contributed by atoms with Crippen molar-refractivity contribution in [3.63, 3.8) is 0 Å². The molecule has 6 nitrogen and oxygen atoms in total. The summed E-state index contributed by atoms with van der Waals surface area (Å²) in [6.07, 6.45) is 2.32. The maximum Gasteiger partial charge on any atom is 0.250 e. The third-order valence-electron chi connectivity index (χ3n) is 3.52. The number of H-pyrrole nitrogens is 1. The van der Waals surface area contributed by atoms with Crippen molar-refractivity contribution in [3.05, 3.63) is 21.9 Å². The van der Waals surface area contributed by atoms with Crippen molar-refractivity contribution in [2.45, 2.75) is 46.1 Å². The maximum atomic E-state index is 12.1. The molecule has 0 aliphatic carbocycles. The molecule has 0 saturated heterocycles. The van der Waals surface area contributed by atoms with E-state index < -0.39 is 0 Å². The van der Waals surface area contributed by atoms with Gasteiger partial charge < -0.3 is 14.6 Å². The summed E-state index contributed by atoms with van der Waals surface area (Å²) in [5.41, 5.74) is 0.754. The minimum atomic E-state index is -0.0440. The van der Waals surface area contributed by atoms with Crippen LogP contribution in [-0.2, 0) is 16.0 Å². The molecule has 2 N–H and O–H groups in total. The third-order valence-corrected chi connectivity index (χ3v) is 3.80. The molecule has 7 heteroatoms. The topological polar surface area (TPSA) is 71.9 Å². The van der Waals surface area contributed by atoms with E-state index in [0.717, 1.165) is 30.0 Å². The number of rotatable bonds is 5. The molecular weight excluding hydrogens is 288 g/mol. The first-order valence-electron chi connectivity index (χ1n) is 7.27. The van der Waals surface area contributed by atoms with Gasteiger partial charge in [-0.05, 0) is 45.8 Å². The summed E-state index contributed by atoms with van der Waals surface area (Å²) in [5.74, 6) is 1.56. The van der Waals surface area contributed by atoms with Gasteiger partial charge in [0.1, 0.15) is 11.6 Å². The lowest BCUT2D eigenvalue weighted by Crippen LogP contribution is -2.30. The highest BCUT2D eigenvalue weighted by molar-refractivity contribution is 7.71. The van der Waals surface area contributed by atoms with Crippen LogP contribution in [0.25, 0.3) is 0 Å². The fraction of sp³-hybridized carbons (Fsp3) is 0.643. The smallest absolute Gasteiger partial charge is 0.250 e. The van der Waals surface area contributed by atoms with Crippen LogP contribution in [0.4, 0.5) is 0 Å². The van der Waals surface area contributed by atoms with Crippen LogP contribution in [0.3, 0.4) is 0 Å². The number of carbonyl (C=O) groups is 1. The van der Waals surface area contributed by atoms with Crippen LogP contribution in [0.15, 0.2) is 11.3 Å². The minimum Gasteiger partial charge on any atom is -0.498 e. The van der Waals surface area contributed by atoms with E-state index in [1.54, 1.807) is 0 Å². The van der Waals surface area contributed by atoms with Gasteiger partial charge in [0.15, 0.2) is 4.77 Å². The molecule has 1 amide bonds. The molecule has 1 aliphatic heterocycles. The first-order valence-corrected chi connectivity index (χ1v) is 7.68. The Labute approximate surface area is 129 Å². The first-order chi connectivity index (χ1) is 10.0. The van der Waals surface area contributed by atoms with Gasteiger partial charge >= 0.3 is 0 Å². The molecule has 2 rings (SSSR count). The second-order valence-corrected chi connectivity index (χ2v) is 5.79. The zero-order valence-corrected chi connectivity index (χ0v) is 13.5. The average molecular weight is 310 g/mol. The predicted octanol–water partition coefficient (Wildman–Crippen LogP) is 2.26. The van der Waals surface area contributed by atoms with Crippen LogP contribution in [-0.4, -0.2) is 33.8 Å². The lowest BCUT2D eigenvalue weighted by atomic mass is 10.1. The average Bonchev–Trinajstić information content (AvgIpc) is 2.80. The Morgan fingerprint density at radius 1 is 1.57 bits per heavy atom. The Morgan fingerprint density at radius 3 is 3.00 bits per heavy atom. The van der Waals surface area contributed by atoms with E-state index in [9.17, 15) is 4.79 Å². The van der Waals surface area contributed by atoms with Crippen molar-refractivity contribution in [3.8, 4) is 0 Å². The lowest BCUT2D eigenvalue weighted by Gasteiger charge is -2.18. The highest BCUT2D eigenvalue weighted by Crippen LogP contribution is 2.18. The number of amides is 1. The second-order valence-electron chi connectivity index (χ2n) is 5.40. The minimum absolute atomic E-state index is 0.0440. The Balaban J connectivity index is 1.93. The Kier molecular flexibility index (Phi) is 5.17. The quantitative estimate of drug-likeness (QED) is 0.818. The number of allylic oxidation sites excluding steroid dienone is 1. The number of hydrogen-bond acceptors (Lipinski definition) is 4. The summed E-state index contributed by atoms with van der Waals surface area (Å²) in [6.45, 7) is 7.19. The SMILES string of the molecule is CC1=C(C(=O)NCCc2n[nH]c(=S)n2C(C)C)CCCO1. The van der Waals surface area contributed by atoms with Crippen molar-refractivity contribution < 1.29 is 9.53 Å². The number of aromatic nitrogens is 3. The highest BCUT2D eigenvalue weighted by Gasteiger charge is 2.17. The van der Waals surface area contributed by atoms with Gasteiger partial charge in [0.05, 0.1) is 12.2 Å². The Hall–Kier alpha value is -1.63. The van der Waals surface area contributed by atoms with E-state index >= 15 is 0 Å². The molecule has 1 aliphatic rings. The van der Waals surface area contributed by atoms with Crippen LogP contribution >= 0.6 is 12.2 Å². The van der Waals surface area contributed by atoms with Gasteiger partial charge in [0.25, 0.3) is 5.91 Å². The molecule has 0 spiro atoms. The van der Waals surface area contributed by atoms with Crippen LogP contribution in [0, 0.1) is 4.77 Å². The maximum absolute atomic E-state index is 12.1. The number of nitrogens with one attached hydrogen (secondary N) is 2. The molecule has 0 aromatic carbocycles. The molecule has 0 unspecified atom stereocenters. The first kappa shape index (κ1) is 15.8. The lowest BCUT2D eigenvalue weighted by molar-refractivity contribution is -0.118. The standard InChI is InChI=1S/C14H22N4O2S/c1-9(2)18-12(16-17-14(18)21)6-7-15-13(19)11-5-4-8-20-10(11)3/h9H,4-8H2,1-3H3,(H,15,19)(H,17,21). The summed E-state index contributed by atoms with van der Waals surface area (Å²) >= 11 is 5.20. The summed E-state index contributed by atoms with van der Waals surface area (Å²) in [7, 11) is 0. The van der Waals surface area contributed by atoms with Crippen LogP contribution in [0.1, 0.15) is 45.5 Å². The molecule has 0 saturated carbocycles. The molecule has 21 heavy (non-hydrogen) atoms. The summed E-state index contributed by atoms with van der Waals surface area (Å²) in [4.78, 5) is 12.1. The number of carbonyl (C=O) groups excluding carboxylic acids is 1. The largest absolute Gasteiger partial charge is 0.498 e. The molecule has 0 radical (unpaired) electrons. The normalized spacial score (nSPS) is 15.2. The molecule has 116 valence electrons. The van der Waals surface area contributed by atoms with Crippen LogP contribution in [0.2, 0.25) is 0 Å². The van der Waals surface area contributed by atoms with E-state index in [2.05, 4.69) is 29.4 Å². The van der Waals surface area contributed by atoms with E-state index in [1.807, 2.05) is 11.5 Å². The second kappa shape index (κ2) is 6.89. The van der Waals surface area contributed by atoms with E-state index in [-0.39, 0.29) is 11.9 Å². The molecule has 2 heterocycles. The van der Waals surface area contributed by atoms with E-state index in [0.29, 0.717) is 24.3 Å². The molecule has 1 aromatic rings. The van der Waals surface area contributed by atoms with Gasteiger partial charge in [0, 0.05) is 19.0 Å². The van der Waals surface area contributed by atoms with Crippen LogP contribution < -0.4 is 5.32 Å². The van der Waals surface area contributed by atoms with Crippen molar-refractivity contribution in [2.75, 3.05) is 13.2 Å². The zero-order valence-electron chi connectivity index (χ0n) is 12.7. The summed E-state index contributed by atoms with van der Waals surface area (Å²) < 4.78 is 8.00. The number of aromatic amines is 1. The van der Waals surface area contributed by atoms with E-state index in [1.165, 1.54) is 0 Å². The van der Waals surface area contributed by atoms with Crippen molar-refractivity contribution in [1.29, 1.82) is 0 Å². The third kappa shape index (κ3) is 3.72. The van der Waals surface area contributed by atoms with Gasteiger partial charge in [-0.25, -0.2) is 0 Å². The highest BCUT2D eigenvalue weighted by atomic mass is 32.1.